The average Bonchev–Trinajstić information content (AvgIpc) is 2.10. The van der Waals surface area contributed by atoms with Crippen molar-refractivity contribution in [2.24, 2.45) is 5.92 Å². The number of hydrogen-bond donors (Lipinski definition) is 2. The molecule has 0 radical (unpaired) electrons. The van der Waals surface area contributed by atoms with Gasteiger partial charge in [0.1, 0.15) is 0 Å². The molecule has 90 valence electrons. The van der Waals surface area contributed by atoms with E-state index in [1.807, 2.05) is 6.92 Å². The molecule has 0 rings (SSSR count). The highest BCUT2D eigenvalue weighted by Crippen LogP contribution is 2.02. The molecule has 3 nitrogen and oxygen atoms in total. The van der Waals surface area contributed by atoms with E-state index in [0.29, 0.717) is 23.7 Å². The first kappa shape index (κ1) is 14.6. The molecule has 0 aromatic carbocycles. The molecule has 0 aromatic rings. The lowest BCUT2D eigenvalue weighted by atomic mass is 10.1. The van der Waals surface area contributed by atoms with Crippen LogP contribution in [0, 0.1) is 5.92 Å². The van der Waals surface area contributed by atoms with Crippen molar-refractivity contribution in [2.75, 3.05) is 13.2 Å². The lowest BCUT2D eigenvalue weighted by molar-refractivity contribution is 0.115. The van der Waals surface area contributed by atoms with Crippen molar-refractivity contribution in [1.29, 1.82) is 0 Å². The molecule has 15 heavy (non-hydrogen) atoms. The van der Waals surface area contributed by atoms with Gasteiger partial charge in [-0.1, -0.05) is 13.8 Å². The van der Waals surface area contributed by atoms with Crippen molar-refractivity contribution in [3.05, 3.63) is 0 Å². The van der Waals surface area contributed by atoms with Crippen molar-refractivity contribution in [2.45, 2.75) is 46.7 Å². The number of hydrogen-bond acceptors (Lipinski definition) is 2. The number of ether oxygens (including phenoxy) is 1. The van der Waals surface area contributed by atoms with Crippen LogP contribution in [0.25, 0.3) is 0 Å². The van der Waals surface area contributed by atoms with Gasteiger partial charge in [0.15, 0.2) is 5.11 Å². The summed E-state index contributed by atoms with van der Waals surface area (Å²) in [5.74, 6) is 0.503. The van der Waals surface area contributed by atoms with Crippen molar-refractivity contribution < 1.29 is 4.74 Å². The van der Waals surface area contributed by atoms with E-state index in [9.17, 15) is 0 Å². The average molecular weight is 232 g/mol. The van der Waals surface area contributed by atoms with Crippen LogP contribution in [0.1, 0.15) is 34.6 Å². The van der Waals surface area contributed by atoms with Crippen LogP contribution in [-0.4, -0.2) is 30.4 Å². The Morgan fingerprint density at radius 2 is 1.80 bits per heavy atom. The molecule has 0 heterocycles. The minimum Gasteiger partial charge on any atom is -0.380 e. The number of rotatable bonds is 6. The molecule has 1 atom stereocenters. The van der Waals surface area contributed by atoms with Gasteiger partial charge in [-0.2, -0.15) is 0 Å². The van der Waals surface area contributed by atoms with E-state index in [0.717, 1.165) is 6.61 Å². The van der Waals surface area contributed by atoms with Crippen LogP contribution in [0.3, 0.4) is 0 Å². The Morgan fingerprint density at radius 1 is 1.20 bits per heavy atom. The Kier molecular flexibility index (Phi) is 7.70. The molecule has 0 fully saturated rings. The summed E-state index contributed by atoms with van der Waals surface area (Å²) in [6, 6.07) is 0.647. The molecule has 0 saturated heterocycles. The van der Waals surface area contributed by atoms with E-state index in [2.05, 4.69) is 38.3 Å². The topological polar surface area (TPSA) is 33.3 Å². The van der Waals surface area contributed by atoms with Crippen LogP contribution < -0.4 is 10.6 Å². The molecule has 4 heteroatoms. The lowest BCUT2D eigenvalue weighted by Crippen LogP contribution is -2.48. The zero-order chi connectivity index (χ0) is 11.8. The zero-order valence-electron chi connectivity index (χ0n) is 10.5. The first-order valence-corrected chi connectivity index (χ1v) is 6.03. The number of thiocarbonyl (C=S) groups is 1. The zero-order valence-corrected chi connectivity index (χ0v) is 11.3. The fourth-order valence-corrected chi connectivity index (χ4v) is 1.50. The molecule has 1 unspecified atom stereocenters. The molecule has 0 aliphatic rings. The Balaban J connectivity index is 3.98. The van der Waals surface area contributed by atoms with Gasteiger partial charge in [-0.05, 0) is 38.9 Å². The first-order chi connectivity index (χ1) is 6.97. The molecule has 0 aromatic heterocycles. The van der Waals surface area contributed by atoms with Gasteiger partial charge >= 0.3 is 0 Å². The van der Waals surface area contributed by atoms with Crippen molar-refractivity contribution >= 4 is 17.3 Å². The van der Waals surface area contributed by atoms with E-state index < -0.39 is 0 Å². The van der Waals surface area contributed by atoms with Crippen LogP contribution in [0.5, 0.6) is 0 Å². The molecular weight excluding hydrogens is 208 g/mol. The molecule has 0 aliphatic carbocycles. The van der Waals surface area contributed by atoms with Crippen molar-refractivity contribution in [3.8, 4) is 0 Å². The normalized spacial score (nSPS) is 13.0. The second-order valence-electron chi connectivity index (χ2n) is 4.28. The van der Waals surface area contributed by atoms with Crippen LogP contribution in [0.2, 0.25) is 0 Å². The summed E-state index contributed by atoms with van der Waals surface area (Å²) >= 11 is 5.20. The summed E-state index contributed by atoms with van der Waals surface area (Å²) in [5, 5.41) is 7.16. The smallest absolute Gasteiger partial charge is 0.166 e. The highest BCUT2D eigenvalue weighted by atomic mass is 32.1. The summed E-state index contributed by atoms with van der Waals surface area (Å²) in [4.78, 5) is 0. The third-order valence-electron chi connectivity index (χ3n) is 2.04. The van der Waals surface area contributed by atoms with Crippen LogP contribution in [-0.2, 0) is 4.74 Å². The van der Waals surface area contributed by atoms with E-state index in [1.54, 1.807) is 0 Å². The second-order valence-corrected chi connectivity index (χ2v) is 4.69. The quantitative estimate of drug-likeness (QED) is 0.686. The fraction of sp³-hybridized carbons (Fsp3) is 0.909. The van der Waals surface area contributed by atoms with Gasteiger partial charge in [0, 0.05) is 12.6 Å². The van der Waals surface area contributed by atoms with Gasteiger partial charge in [0.2, 0.25) is 0 Å². The Bertz CT molecular complexity index is 183. The molecule has 0 bridgehead atoms. The standard InChI is InChI=1S/C11H24N2OS/c1-6-14-7-10(8(2)3)13-11(15)12-9(4)5/h8-10H,6-7H2,1-5H3,(H2,12,13,15). The van der Waals surface area contributed by atoms with Gasteiger partial charge < -0.3 is 15.4 Å². The van der Waals surface area contributed by atoms with E-state index >= 15 is 0 Å². The van der Waals surface area contributed by atoms with Gasteiger partial charge in [0.05, 0.1) is 12.6 Å². The highest BCUT2D eigenvalue weighted by molar-refractivity contribution is 7.80. The predicted molar refractivity (Wildman–Crippen MR) is 69.1 cm³/mol. The van der Waals surface area contributed by atoms with Gasteiger partial charge in [-0.25, -0.2) is 0 Å². The number of nitrogens with one attached hydrogen (secondary N) is 2. The van der Waals surface area contributed by atoms with Gasteiger partial charge in [0.25, 0.3) is 0 Å². The predicted octanol–water partition coefficient (Wildman–Crippen LogP) is 1.92. The van der Waals surface area contributed by atoms with Crippen molar-refractivity contribution in [1.82, 2.24) is 10.6 Å². The highest BCUT2D eigenvalue weighted by Gasteiger charge is 2.14. The molecule has 2 N–H and O–H groups in total. The van der Waals surface area contributed by atoms with Crippen LogP contribution in [0.4, 0.5) is 0 Å². The third kappa shape index (κ3) is 7.56. The molecular formula is C11H24N2OS. The Morgan fingerprint density at radius 3 is 2.20 bits per heavy atom. The largest absolute Gasteiger partial charge is 0.380 e. The summed E-state index contributed by atoms with van der Waals surface area (Å²) in [6.45, 7) is 11.9. The maximum atomic E-state index is 5.41. The fourth-order valence-electron chi connectivity index (χ4n) is 1.12. The maximum absolute atomic E-state index is 5.41. The van der Waals surface area contributed by atoms with Gasteiger partial charge in [-0.3, -0.25) is 0 Å². The van der Waals surface area contributed by atoms with E-state index in [4.69, 9.17) is 17.0 Å². The second kappa shape index (κ2) is 7.88. The molecule has 0 spiro atoms. The minimum atomic E-state index is 0.281. The van der Waals surface area contributed by atoms with E-state index in [1.165, 1.54) is 0 Å². The van der Waals surface area contributed by atoms with Crippen LogP contribution >= 0.6 is 12.2 Å². The third-order valence-corrected chi connectivity index (χ3v) is 2.28. The molecule has 0 aliphatic heterocycles. The Labute approximate surface area is 99.0 Å². The SMILES string of the molecule is CCOCC(NC(=S)NC(C)C)C(C)C. The van der Waals surface area contributed by atoms with E-state index in [-0.39, 0.29) is 6.04 Å². The summed E-state index contributed by atoms with van der Waals surface area (Å²) in [7, 11) is 0. The van der Waals surface area contributed by atoms with Gasteiger partial charge in [-0.15, -0.1) is 0 Å². The Hall–Kier alpha value is -0.350. The summed E-state index contributed by atoms with van der Waals surface area (Å²) < 4.78 is 5.41. The summed E-state index contributed by atoms with van der Waals surface area (Å²) in [6.07, 6.45) is 0. The minimum absolute atomic E-state index is 0.281. The monoisotopic (exact) mass is 232 g/mol. The summed E-state index contributed by atoms with van der Waals surface area (Å²) in [5.41, 5.74) is 0. The molecule has 0 amide bonds. The van der Waals surface area contributed by atoms with Crippen LogP contribution in [0.15, 0.2) is 0 Å². The van der Waals surface area contributed by atoms with Crippen molar-refractivity contribution in [3.63, 3.8) is 0 Å². The maximum Gasteiger partial charge on any atom is 0.166 e. The first-order valence-electron chi connectivity index (χ1n) is 5.62. The lowest BCUT2D eigenvalue weighted by Gasteiger charge is -2.24. The molecule has 0 saturated carbocycles.